The minimum absolute atomic E-state index is 0.0144. The van der Waals surface area contributed by atoms with Crippen molar-refractivity contribution in [2.24, 2.45) is 0 Å². The lowest BCUT2D eigenvalue weighted by molar-refractivity contribution is -0.119. The second kappa shape index (κ2) is 8.12. The van der Waals surface area contributed by atoms with Gasteiger partial charge in [-0.15, -0.1) is 0 Å². The van der Waals surface area contributed by atoms with Crippen LogP contribution in [0.4, 0.5) is 14.5 Å². The zero-order valence-corrected chi connectivity index (χ0v) is 12.1. The first-order chi connectivity index (χ1) is 10.6. The zero-order valence-electron chi connectivity index (χ0n) is 12.1. The Balaban J connectivity index is 1.67. The van der Waals surface area contributed by atoms with Crippen LogP contribution < -0.4 is 10.6 Å². The van der Waals surface area contributed by atoms with Gasteiger partial charge in [0.15, 0.2) is 0 Å². The molecule has 2 aromatic carbocycles. The number of aryl methyl sites for hydroxylation is 1. The average Bonchev–Trinajstić information content (AvgIpc) is 2.53. The fourth-order valence-corrected chi connectivity index (χ4v) is 2.04. The lowest BCUT2D eigenvalue weighted by Gasteiger charge is -2.08. The predicted octanol–water partition coefficient (Wildman–Crippen LogP) is 3.13. The molecule has 3 nitrogen and oxygen atoms in total. The third-order valence-electron chi connectivity index (χ3n) is 3.18. The van der Waals surface area contributed by atoms with Crippen molar-refractivity contribution in [2.45, 2.75) is 12.8 Å². The summed E-state index contributed by atoms with van der Waals surface area (Å²) in [5.74, 6) is -1.39. The molecule has 0 fully saturated rings. The van der Waals surface area contributed by atoms with Gasteiger partial charge in [0.2, 0.25) is 5.91 Å². The second-order valence-electron chi connectivity index (χ2n) is 4.92. The molecule has 22 heavy (non-hydrogen) atoms. The first-order valence-electron chi connectivity index (χ1n) is 7.15. The van der Waals surface area contributed by atoms with Crippen molar-refractivity contribution in [2.75, 3.05) is 18.4 Å². The number of hydrogen-bond donors (Lipinski definition) is 2. The molecular formula is C17H18F2N2O. The standard InChI is InChI=1S/C17H18F2N2O/c18-14-8-9-15(19)16(11-14)21-12-17(22)20-10-4-7-13-5-2-1-3-6-13/h1-3,5-6,8-9,11,21H,4,7,10,12H2,(H,20,22). The maximum atomic E-state index is 13.4. The first-order valence-corrected chi connectivity index (χ1v) is 7.15. The van der Waals surface area contributed by atoms with E-state index in [1.165, 1.54) is 5.56 Å². The Kier molecular flexibility index (Phi) is 5.89. The van der Waals surface area contributed by atoms with Crippen molar-refractivity contribution in [3.05, 3.63) is 65.7 Å². The van der Waals surface area contributed by atoms with Crippen LogP contribution in [0.1, 0.15) is 12.0 Å². The quantitative estimate of drug-likeness (QED) is 0.772. The topological polar surface area (TPSA) is 41.1 Å². The van der Waals surface area contributed by atoms with Crippen molar-refractivity contribution in [1.82, 2.24) is 5.32 Å². The molecule has 0 saturated heterocycles. The lowest BCUT2D eigenvalue weighted by atomic mass is 10.1. The number of carbonyl (C=O) groups is 1. The molecule has 2 N–H and O–H groups in total. The lowest BCUT2D eigenvalue weighted by Crippen LogP contribution is -2.31. The summed E-state index contributed by atoms with van der Waals surface area (Å²) in [6, 6.07) is 13.1. The Morgan fingerprint density at radius 3 is 2.59 bits per heavy atom. The third-order valence-corrected chi connectivity index (χ3v) is 3.18. The molecule has 0 aromatic heterocycles. The smallest absolute Gasteiger partial charge is 0.239 e. The Morgan fingerprint density at radius 1 is 1.05 bits per heavy atom. The number of anilines is 1. The Morgan fingerprint density at radius 2 is 1.82 bits per heavy atom. The van der Waals surface area contributed by atoms with E-state index in [2.05, 4.69) is 10.6 Å². The molecule has 5 heteroatoms. The van der Waals surface area contributed by atoms with Gasteiger partial charge in [-0.05, 0) is 36.6 Å². The Hall–Kier alpha value is -2.43. The molecule has 116 valence electrons. The third kappa shape index (κ3) is 5.16. The van der Waals surface area contributed by atoms with Gasteiger partial charge in [0.25, 0.3) is 0 Å². The normalized spacial score (nSPS) is 10.3. The van der Waals surface area contributed by atoms with Gasteiger partial charge in [0.1, 0.15) is 11.6 Å². The number of carbonyl (C=O) groups excluding carboxylic acids is 1. The molecule has 0 aliphatic carbocycles. The molecule has 0 atom stereocenters. The van der Waals surface area contributed by atoms with E-state index in [9.17, 15) is 13.6 Å². The molecule has 0 unspecified atom stereocenters. The van der Waals surface area contributed by atoms with Crippen molar-refractivity contribution >= 4 is 11.6 Å². The fraction of sp³-hybridized carbons (Fsp3) is 0.235. The van der Waals surface area contributed by atoms with Gasteiger partial charge in [0, 0.05) is 6.54 Å². The monoisotopic (exact) mass is 304 g/mol. The molecule has 0 spiro atoms. The van der Waals surface area contributed by atoms with E-state index in [1.807, 2.05) is 30.3 Å². The SMILES string of the molecule is O=C(CNc1cc(F)ccc1F)NCCCc1ccccc1. The number of benzene rings is 2. The molecule has 2 rings (SSSR count). The highest BCUT2D eigenvalue weighted by molar-refractivity contribution is 5.80. The first kappa shape index (κ1) is 15.9. The van der Waals surface area contributed by atoms with Crippen LogP contribution in [0.3, 0.4) is 0 Å². The van der Waals surface area contributed by atoms with E-state index in [0.29, 0.717) is 6.54 Å². The van der Waals surface area contributed by atoms with E-state index >= 15 is 0 Å². The number of halogens is 2. The molecule has 2 aromatic rings. The number of nitrogens with one attached hydrogen (secondary N) is 2. The predicted molar refractivity (Wildman–Crippen MR) is 82.6 cm³/mol. The van der Waals surface area contributed by atoms with Gasteiger partial charge in [-0.3, -0.25) is 4.79 Å². The van der Waals surface area contributed by atoms with Gasteiger partial charge in [-0.25, -0.2) is 8.78 Å². The van der Waals surface area contributed by atoms with Crippen LogP contribution in [0.5, 0.6) is 0 Å². The van der Waals surface area contributed by atoms with Gasteiger partial charge < -0.3 is 10.6 Å². The van der Waals surface area contributed by atoms with Crippen LogP contribution in [0.2, 0.25) is 0 Å². The van der Waals surface area contributed by atoms with Crippen molar-refractivity contribution in [3.8, 4) is 0 Å². The van der Waals surface area contributed by atoms with Crippen LogP contribution in [0.15, 0.2) is 48.5 Å². The zero-order chi connectivity index (χ0) is 15.8. The minimum Gasteiger partial charge on any atom is -0.374 e. The van der Waals surface area contributed by atoms with Crippen molar-refractivity contribution in [3.63, 3.8) is 0 Å². The van der Waals surface area contributed by atoms with Crippen LogP contribution in [-0.2, 0) is 11.2 Å². The van der Waals surface area contributed by atoms with Crippen molar-refractivity contribution < 1.29 is 13.6 Å². The Labute approximate surface area is 128 Å². The van der Waals surface area contributed by atoms with Crippen LogP contribution >= 0.6 is 0 Å². The van der Waals surface area contributed by atoms with E-state index in [4.69, 9.17) is 0 Å². The maximum Gasteiger partial charge on any atom is 0.239 e. The maximum absolute atomic E-state index is 13.4. The van der Waals surface area contributed by atoms with E-state index < -0.39 is 11.6 Å². The minimum atomic E-state index is -0.585. The molecule has 0 radical (unpaired) electrons. The fourth-order valence-electron chi connectivity index (χ4n) is 2.04. The van der Waals surface area contributed by atoms with E-state index in [1.54, 1.807) is 0 Å². The molecule has 0 bridgehead atoms. The van der Waals surface area contributed by atoms with E-state index in [-0.39, 0.29) is 18.1 Å². The highest BCUT2D eigenvalue weighted by Gasteiger charge is 2.06. The summed E-state index contributed by atoms with van der Waals surface area (Å²) in [5, 5.41) is 5.32. The molecule has 0 aliphatic rings. The Bertz CT molecular complexity index is 617. The van der Waals surface area contributed by atoms with Crippen LogP contribution in [-0.4, -0.2) is 19.0 Å². The summed E-state index contributed by atoms with van der Waals surface area (Å²) >= 11 is 0. The van der Waals surface area contributed by atoms with E-state index in [0.717, 1.165) is 31.0 Å². The van der Waals surface area contributed by atoms with Gasteiger partial charge in [-0.1, -0.05) is 30.3 Å². The largest absolute Gasteiger partial charge is 0.374 e. The molecule has 1 amide bonds. The number of amides is 1. The number of hydrogen-bond acceptors (Lipinski definition) is 2. The number of rotatable bonds is 7. The molecular weight excluding hydrogens is 286 g/mol. The second-order valence-corrected chi connectivity index (χ2v) is 4.92. The summed E-state index contributed by atoms with van der Waals surface area (Å²) in [5.41, 5.74) is 1.20. The summed E-state index contributed by atoms with van der Waals surface area (Å²) in [7, 11) is 0. The average molecular weight is 304 g/mol. The van der Waals surface area contributed by atoms with Gasteiger partial charge in [0.05, 0.1) is 12.2 Å². The van der Waals surface area contributed by atoms with Crippen LogP contribution in [0, 0.1) is 11.6 Å². The van der Waals surface area contributed by atoms with Gasteiger partial charge in [-0.2, -0.15) is 0 Å². The summed E-state index contributed by atoms with van der Waals surface area (Å²) in [4.78, 5) is 11.6. The van der Waals surface area contributed by atoms with Gasteiger partial charge >= 0.3 is 0 Å². The van der Waals surface area contributed by atoms with Crippen molar-refractivity contribution in [1.29, 1.82) is 0 Å². The highest BCUT2D eigenvalue weighted by Crippen LogP contribution is 2.14. The summed E-state index contributed by atoms with van der Waals surface area (Å²) in [6.45, 7) is 0.451. The van der Waals surface area contributed by atoms with Crippen LogP contribution in [0.25, 0.3) is 0 Å². The summed E-state index contributed by atoms with van der Waals surface area (Å²) < 4.78 is 26.3. The molecule has 0 heterocycles. The highest BCUT2D eigenvalue weighted by atomic mass is 19.1. The summed E-state index contributed by atoms with van der Waals surface area (Å²) in [6.07, 6.45) is 1.71. The molecule has 0 saturated carbocycles. The molecule has 0 aliphatic heterocycles.